The van der Waals surface area contributed by atoms with Crippen molar-refractivity contribution in [1.82, 2.24) is 0 Å². The van der Waals surface area contributed by atoms with Crippen LogP contribution in [-0.2, 0) is 19.5 Å². The molecule has 4 N–H and O–H groups in total. The largest absolute Gasteiger partial charge is 0.358 e. The Hall–Kier alpha value is 0.543. The molecule has 7 heavy (non-hydrogen) atoms. The molecule has 0 saturated carbocycles. The first-order valence-corrected chi connectivity index (χ1v) is 1.82. The van der Waals surface area contributed by atoms with Gasteiger partial charge in [0.1, 0.15) is 0 Å². The molecule has 0 fully saturated rings. The van der Waals surface area contributed by atoms with Crippen molar-refractivity contribution in [2.75, 3.05) is 13.1 Å². The molecule has 0 amide bonds. The first kappa shape index (κ1) is 15.6. The van der Waals surface area contributed by atoms with Gasteiger partial charge in [0, 0.05) is 19.5 Å². The summed E-state index contributed by atoms with van der Waals surface area (Å²) in [5, 5.41) is 0. The molecule has 0 aromatic rings. The molecule has 0 aromatic carbocycles. The van der Waals surface area contributed by atoms with Crippen LogP contribution in [0.15, 0.2) is 0 Å². The number of hydrogen-bond acceptors (Lipinski definition) is 2. The summed E-state index contributed by atoms with van der Waals surface area (Å²) >= 11 is 0. The Bertz CT molecular complexity index is 17.2. The van der Waals surface area contributed by atoms with Crippen molar-refractivity contribution in [3.05, 3.63) is 7.43 Å². The fourth-order valence-electron chi connectivity index (χ4n) is 0.118. The minimum atomic E-state index is 0. The zero-order valence-electron chi connectivity index (χ0n) is 4.98. The molecular weight excluding hydrogens is 141 g/mol. The van der Waals surface area contributed by atoms with Crippen LogP contribution in [0.2, 0.25) is 0 Å². The van der Waals surface area contributed by atoms with E-state index < -0.39 is 0 Å². The SMILES string of the molecule is NCCCN.[CH3-].[Zn]. The molecule has 0 aromatic heterocycles. The summed E-state index contributed by atoms with van der Waals surface area (Å²) in [6.45, 7) is 1.44. The van der Waals surface area contributed by atoms with E-state index in [-0.39, 0.29) is 26.9 Å². The zero-order chi connectivity index (χ0) is 4.12. The molecule has 42 valence electrons. The number of rotatable bonds is 2. The molecule has 0 aliphatic rings. The fraction of sp³-hybridized carbons (Fsp3) is 0.750. The number of nitrogens with two attached hydrogens (primary N) is 2. The molecular formula is C4H13N2Zn-. The van der Waals surface area contributed by atoms with Crippen LogP contribution < -0.4 is 11.5 Å². The normalized spacial score (nSPS) is 6.00. The second kappa shape index (κ2) is 16.0. The Kier molecular flexibility index (Phi) is 35.8. The third-order valence-electron chi connectivity index (χ3n) is 0.408. The average molecular weight is 155 g/mol. The maximum absolute atomic E-state index is 5.06. The maximum atomic E-state index is 5.06. The maximum Gasteiger partial charge on any atom is 0 e. The molecule has 0 unspecified atom stereocenters. The average Bonchev–Trinajstić information content (AvgIpc) is 1.41. The smallest absolute Gasteiger partial charge is 0 e. The molecule has 2 nitrogen and oxygen atoms in total. The van der Waals surface area contributed by atoms with E-state index >= 15 is 0 Å². The van der Waals surface area contributed by atoms with Crippen molar-refractivity contribution in [2.24, 2.45) is 11.5 Å². The van der Waals surface area contributed by atoms with Gasteiger partial charge < -0.3 is 18.9 Å². The van der Waals surface area contributed by atoms with Gasteiger partial charge in [-0.3, -0.25) is 0 Å². The first-order chi connectivity index (χ1) is 2.41. The van der Waals surface area contributed by atoms with Crippen LogP contribution in [0.4, 0.5) is 0 Å². The Labute approximate surface area is 58.4 Å². The Morgan fingerprint density at radius 3 is 1.29 bits per heavy atom. The molecule has 0 aliphatic carbocycles. The van der Waals surface area contributed by atoms with Crippen molar-refractivity contribution >= 4 is 0 Å². The molecule has 0 rings (SSSR count). The van der Waals surface area contributed by atoms with Gasteiger partial charge in [-0.25, -0.2) is 0 Å². The Morgan fingerprint density at radius 2 is 1.29 bits per heavy atom. The standard InChI is InChI=1S/C3H10N2.CH3.Zn/c4-2-1-3-5;;/h1-5H2;1H3;/q;-1;. The Morgan fingerprint density at radius 1 is 1.00 bits per heavy atom. The predicted octanol–water partition coefficient (Wildman–Crippen LogP) is -0.258. The molecule has 0 radical (unpaired) electrons. The zero-order valence-corrected chi connectivity index (χ0v) is 7.95. The van der Waals surface area contributed by atoms with Crippen LogP contribution in [0, 0.1) is 7.43 Å². The van der Waals surface area contributed by atoms with Crippen LogP contribution in [0.25, 0.3) is 0 Å². The van der Waals surface area contributed by atoms with Crippen molar-refractivity contribution < 1.29 is 19.5 Å². The van der Waals surface area contributed by atoms with E-state index in [1.165, 1.54) is 0 Å². The van der Waals surface area contributed by atoms with E-state index in [1.807, 2.05) is 0 Å². The molecule has 3 heteroatoms. The van der Waals surface area contributed by atoms with E-state index in [9.17, 15) is 0 Å². The second-order valence-electron chi connectivity index (χ2n) is 0.931. The van der Waals surface area contributed by atoms with E-state index in [0.717, 1.165) is 19.5 Å². The third kappa shape index (κ3) is 20.9. The molecule has 0 spiro atoms. The van der Waals surface area contributed by atoms with Gasteiger partial charge in [0.15, 0.2) is 0 Å². The van der Waals surface area contributed by atoms with Crippen LogP contribution in [0.3, 0.4) is 0 Å². The minimum Gasteiger partial charge on any atom is -0.358 e. The molecule has 0 saturated heterocycles. The van der Waals surface area contributed by atoms with E-state index in [1.54, 1.807) is 0 Å². The monoisotopic (exact) mass is 153 g/mol. The molecule has 0 atom stereocenters. The van der Waals surface area contributed by atoms with Crippen LogP contribution >= 0.6 is 0 Å². The fourth-order valence-corrected chi connectivity index (χ4v) is 0.118. The van der Waals surface area contributed by atoms with Gasteiger partial charge in [-0.15, -0.1) is 0 Å². The third-order valence-corrected chi connectivity index (χ3v) is 0.408. The predicted molar refractivity (Wildman–Crippen MR) is 29.1 cm³/mol. The first-order valence-electron chi connectivity index (χ1n) is 1.82. The van der Waals surface area contributed by atoms with Gasteiger partial charge in [-0.2, -0.15) is 0 Å². The summed E-state index contributed by atoms with van der Waals surface area (Å²) < 4.78 is 0. The van der Waals surface area contributed by atoms with E-state index in [0.29, 0.717) is 0 Å². The van der Waals surface area contributed by atoms with Crippen molar-refractivity contribution in [1.29, 1.82) is 0 Å². The van der Waals surface area contributed by atoms with Crippen molar-refractivity contribution in [3.8, 4) is 0 Å². The van der Waals surface area contributed by atoms with Gasteiger partial charge in [0.05, 0.1) is 0 Å². The van der Waals surface area contributed by atoms with E-state index in [4.69, 9.17) is 11.5 Å². The Balaban J connectivity index is -0.0000000800. The van der Waals surface area contributed by atoms with Gasteiger partial charge >= 0.3 is 0 Å². The van der Waals surface area contributed by atoms with Crippen LogP contribution in [-0.4, -0.2) is 13.1 Å². The summed E-state index contributed by atoms with van der Waals surface area (Å²) in [5.74, 6) is 0. The van der Waals surface area contributed by atoms with Gasteiger partial charge in [-0.05, 0) is 19.5 Å². The summed E-state index contributed by atoms with van der Waals surface area (Å²) in [5.41, 5.74) is 10.1. The molecule has 0 aliphatic heterocycles. The van der Waals surface area contributed by atoms with Gasteiger partial charge in [-0.1, -0.05) is 0 Å². The topological polar surface area (TPSA) is 52.0 Å². The summed E-state index contributed by atoms with van der Waals surface area (Å²) in [4.78, 5) is 0. The minimum absolute atomic E-state index is 0. The van der Waals surface area contributed by atoms with Gasteiger partial charge in [0.2, 0.25) is 0 Å². The van der Waals surface area contributed by atoms with Crippen molar-refractivity contribution in [3.63, 3.8) is 0 Å². The van der Waals surface area contributed by atoms with Crippen LogP contribution in [0.1, 0.15) is 6.42 Å². The van der Waals surface area contributed by atoms with E-state index in [2.05, 4.69) is 0 Å². The summed E-state index contributed by atoms with van der Waals surface area (Å²) in [6, 6.07) is 0. The quantitative estimate of drug-likeness (QED) is 0.426. The van der Waals surface area contributed by atoms with Crippen LogP contribution in [0.5, 0.6) is 0 Å². The van der Waals surface area contributed by atoms with Crippen molar-refractivity contribution in [2.45, 2.75) is 6.42 Å². The summed E-state index contributed by atoms with van der Waals surface area (Å²) in [6.07, 6.45) is 0.944. The van der Waals surface area contributed by atoms with Gasteiger partial charge in [0.25, 0.3) is 0 Å². The second-order valence-corrected chi connectivity index (χ2v) is 0.931. The molecule has 0 heterocycles. The molecule has 0 bridgehead atoms. The number of hydrogen-bond donors (Lipinski definition) is 2. The summed E-state index contributed by atoms with van der Waals surface area (Å²) in [7, 11) is 0.